The Kier molecular flexibility index (Phi) is 12.7. The van der Waals surface area contributed by atoms with Crippen molar-refractivity contribution in [2.75, 3.05) is 13.7 Å². The van der Waals surface area contributed by atoms with Gasteiger partial charge in [-0.2, -0.15) is 0 Å². The van der Waals surface area contributed by atoms with E-state index < -0.39 is 35.7 Å². The summed E-state index contributed by atoms with van der Waals surface area (Å²) in [5.41, 5.74) is 0.619. The molecule has 1 aromatic carbocycles. The summed E-state index contributed by atoms with van der Waals surface area (Å²) >= 11 is 6.11. The molecule has 0 aromatic heterocycles. The average molecular weight is 537 g/mol. The second-order valence-electron chi connectivity index (χ2n) is 9.99. The number of rotatable bonds is 13. The molecule has 0 radical (unpaired) electrons. The molecule has 4 amide bonds. The zero-order valence-corrected chi connectivity index (χ0v) is 23.1. The van der Waals surface area contributed by atoms with Gasteiger partial charge in [0, 0.05) is 18.7 Å². The highest BCUT2D eigenvalue weighted by atomic mass is 35.5. The average Bonchev–Trinajstić information content (AvgIpc) is 2.88. The minimum absolute atomic E-state index is 0.0391. The van der Waals surface area contributed by atoms with Crippen LogP contribution in [0.2, 0.25) is 5.02 Å². The maximum absolute atomic E-state index is 13.0. The third-order valence-corrected chi connectivity index (χ3v) is 6.86. The number of amides is 4. The summed E-state index contributed by atoms with van der Waals surface area (Å²) in [5.74, 6) is -1.08. The summed E-state index contributed by atoms with van der Waals surface area (Å²) in [6.45, 7) is 6.22. The molecule has 2 unspecified atom stereocenters. The molecule has 1 saturated carbocycles. The second-order valence-corrected chi connectivity index (χ2v) is 10.4. The van der Waals surface area contributed by atoms with Crippen LogP contribution in [0.4, 0.5) is 4.79 Å². The minimum atomic E-state index is -1.02. The number of hydrogen-bond donors (Lipinski definition) is 4. The van der Waals surface area contributed by atoms with Crippen LogP contribution in [0, 0.1) is 11.8 Å². The zero-order chi connectivity index (χ0) is 27.4. The van der Waals surface area contributed by atoms with Crippen LogP contribution in [0.5, 0.6) is 5.75 Å². The van der Waals surface area contributed by atoms with Gasteiger partial charge in [0.2, 0.25) is 11.7 Å². The number of halogens is 1. The van der Waals surface area contributed by atoms with Crippen LogP contribution in [0.25, 0.3) is 0 Å². The fraction of sp³-hybridized carbons (Fsp3) is 0.630. The number of benzene rings is 1. The van der Waals surface area contributed by atoms with E-state index in [9.17, 15) is 19.2 Å². The molecule has 9 nitrogen and oxygen atoms in total. The van der Waals surface area contributed by atoms with E-state index in [1.54, 1.807) is 25.1 Å². The topological polar surface area (TPSA) is 126 Å². The maximum Gasteiger partial charge on any atom is 0.315 e. The minimum Gasteiger partial charge on any atom is -0.495 e. The van der Waals surface area contributed by atoms with Crippen molar-refractivity contribution in [1.82, 2.24) is 21.3 Å². The van der Waals surface area contributed by atoms with Gasteiger partial charge in [-0.15, -0.1) is 0 Å². The number of urea groups is 1. The van der Waals surface area contributed by atoms with Crippen molar-refractivity contribution < 1.29 is 23.9 Å². The fourth-order valence-corrected chi connectivity index (χ4v) is 4.78. The van der Waals surface area contributed by atoms with Gasteiger partial charge in [-0.3, -0.25) is 14.4 Å². The second kappa shape index (κ2) is 15.4. The van der Waals surface area contributed by atoms with E-state index in [2.05, 4.69) is 21.3 Å². The number of ketones is 1. The fourth-order valence-electron chi connectivity index (χ4n) is 4.51. The zero-order valence-electron chi connectivity index (χ0n) is 22.3. The lowest BCUT2D eigenvalue weighted by atomic mass is 9.89. The van der Waals surface area contributed by atoms with Crippen LogP contribution in [0.15, 0.2) is 18.2 Å². The van der Waals surface area contributed by atoms with E-state index >= 15 is 0 Å². The Morgan fingerprint density at radius 2 is 1.73 bits per heavy atom. The number of carbonyl (C=O) groups is 4. The highest BCUT2D eigenvalue weighted by Crippen LogP contribution is 2.28. The standard InChI is InChI=1S/C27H41ClN4O5/c1-5-21(23(33)26(35)29-16-19-12-9-13-20(28)24(19)37-4)31-25(34)22(14-17(2)3)32-27(36)30-15-18-10-7-6-8-11-18/h9,12-13,17-18,21-22H,5-8,10-11,14-16H2,1-4H3,(H,29,35)(H,31,34)(H2,30,32,36). The molecule has 1 aliphatic rings. The van der Waals surface area contributed by atoms with Gasteiger partial charge in [0.1, 0.15) is 11.8 Å². The molecule has 2 rings (SSSR count). The molecule has 0 saturated heterocycles. The lowest BCUT2D eigenvalue weighted by Crippen LogP contribution is -2.55. The molecule has 37 heavy (non-hydrogen) atoms. The molecule has 0 heterocycles. The largest absolute Gasteiger partial charge is 0.495 e. The number of Topliss-reactive ketones (excluding diaryl/α,β-unsaturated/α-hetero) is 1. The normalized spacial score (nSPS) is 15.4. The Morgan fingerprint density at radius 3 is 2.35 bits per heavy atom. The van der Waals surface area contributed by atoms with E-state index in [0.29, 0.717) is 35.2 Å². The molecule has 10 heteroatoms. The summed E-state index contributed by atoms with van der Waals surface area (Å²) in [5, 5.41) is 11.3. The molecule has 0 spiro atoms. The quantitative estimate of drug-likeness (QED) is 0.286. The summed E-state index contributed by atoms with van der Waals surface area (Å²) in [6, 6.07) is 2.87. The van der Waals surface area contributed by atoms with Crippen molar-refractivity contribution in [2.45, 2.75) is 84.3 Å². The first-order valence-electron chi connectivity index (χ1n) is 13.1. The molecule has 2 atom stereocenters. The monoisotopic (exact) mass is 536 g/mol. The highest BCUT2D eigenvalue weighted by molar-refractivity contribution is 6.38. The Morgan fingerprint density at radius 1 is 1.03 bits per heavy atom. The number of nitrogens with one attached hydrogen (secondary N) is 4. The molecule has 1 aromatic rings. The summed E-state index contributed by atoms with van der Waals surface area (Å²) in [4.78, 5) is 51.0. The third kappa shape index (κ3) is 9.87. The van der Waals surface area contributed by atoms with Gasteiger partial charge in [-0.1, -0.05) is 63.8 Å². The van der Waals surface area contributed by atoms with Crippen molar-refractivity contribution >= 4 is 35.2 Å². The number of carbonyl (C=O) groups excluding carboxylic acids is 4. The lowest BCUT2D eigenvalue weighted by molar-refractivity contribution is -0.140. The number of para-hydroxylation sites is 1. The molecule has 4 N–H and O–H groups in total. The van der Waals surface area contributed by atoms with Gasteiger partial charge in [-0.25, -0.2) is 4.79 Å². The maximum atomic E-state index is 13.0. The number of methoxy groups -OCH3 is 1. The molecule has 0 aliphatic heterocycles. The first-order valence-corrected chi connectivity index (χ1v) is 13.5. The van der Waals surface area contributed by atoms with Crippen LogP contribution in [-0.2, 0) is 20.9 Å². The van der Waals surface area contributed by atoms with Gasteiger partial charge in [0.05, 0.1) is 18.2 Å². The first-order chi connectivity index (χ1) is 17.7. The summed E-state index contributed by atoms with van der Waals surface area (Å²) in [7, 11) is 1.47. The van der Waals surface area contributed by atoms with Crippen molar-refractivity contribution in [3.8, 4) is 5.75 Å². The molecule has 1 aliphatic carbocycles. The van der Waals surface area contributed by atoms with E-state index in [1.807, 2.05) is 13.8 Å². The van der Waals surface area contributed by atoms with Crippen LogP contribution >= 0.6 is 11.6 Å². The molecular weight excluding hydrogens is 496 g/mol. The molecule has 206 valence electrons. The number of ether oxygens (including phenoxy) is 1. The molecular formula is C27H41ClN4O5. The Bertz CT molecular complexity index is 933. The van der Waals surface area contributed by atoms with Gasteiger partial charge >= 0.3 is 6.03 Å². The van der Waals surface area contributed by atoms with Crippen molar-refractivity contribution in [2.24, 2.45) is 11.8 Å². The van der Waals surface area contributed by atoms with Crippen molar-refractivity contribution in [3.63, 3.8) is 0 Å². The Hall–Kier alpha value is -2.81. The molecule has 0 bridgehead atoms. The van der Waals surface area contributed by atoms with E-state index in [0.717, 1.165) is 12.8 Å². The van der Waals surface area contributed by atoms with Crippen LogP contribution in [-0.4, -0.2) is 49.4 Å². The third-order valence-electron chi connectivity index (χ3n) is 6.56. The molecule has 1 fully saturated rings. The van der Waals surface area contributed by atoms with Gasteiger partial charge in [-0.05, 0) is 43.6 Å². The van der Waals surface area contributed by atoms with Gasteiger partial charge < -0.3 is 26.0 Å². The predicted molar refractivity (Wildman–Crippen MR) is 143 cm³/mol. The Balaban J connectivity index is 1.94. The highest BCUT2D eigenvalue weighted by Gasteiger charge is 2.30. The predicted octanol–water partition coefficient (Wildman–Crippen LogP) is 3.72. The lowest BCUT2D eigenvalue weighted by Gasteiger charge is -2.25. The number of hydrogen-bond acceptors (Lipinski definition) is 5. The van der Waals surface area contributed by atoms with Gasteiger partial charge in [0.15, 0.2) is 0 Å². The Labute approximate surface area is 224 Å². The summed E-state index contributed by atoms with van der Waals surface area (Å²) in [6.07, 6.45) is 6.42. The van der Waals surface area contributed by atoms with Crippen molar-refractivity contribution in [3.05, 3.63) is 28.8 Å². The first kappa shape index (κ1) is 30.4. The smallest absolute Gasteiger partial charge is 0.315 e. The van der Waals surface area contributed by atoms with Crippen LogP contribution < -0.4 is 26.0 Å². The SMILES string of the molecule is CCC(NC(=O)C(CC(C)C)NC(=O)NCC1CCCCC1)C(=O)C(=O)NCc1cccc(Cl)c1OC. The van der Waals surface area contributed by atoms with Gasteiger partial charge in [0.25, 0.3) is 5.91 Å². The summed E-state index contributed by atoms with van der Waals surface area (Å²) < 4.78 is 5.27. The van der Waals surface area contributed by atoms with E-state index in [1.165, 1.54) is 26.4 Å². The van der Waals surface area contributed by atoms with Crippen LogP contribution in [0.3, 0.4) is 0 Å². The van der Waals surface area contributed by atoms with E-state index in [-0.39, 0.29) is 18.9 Å². The van der Waals surface area contributed by atoms with Crippen molar-refractivity contribution in [1.29, 1.82) is 0 Å². The van der Waals surface area contributed by atoms with Crippen LogP contribution in [0.1, 0.15) is 71.3 Å². The van der Waals surface area contributed by atoms with E-state index in [4.69, 9.17) is 16.3 Å².